The van der Waals surface area contributed by atoms with E-state index in [1.807, 2.05) is 0 Å². The summed E-state index contributed by atoms with van der Waals surface area (Å²) in [6.45, 7) is 3.82. The average molecular weight is 216 g/mol. The van der Waals surface area contributed by atoms with Gasteiger partial charge in [0.2, 0.25) is 0 Å². The highest BCUT2D eigenvalue weighted by molar-refractivity contribution is 4.92. The van der Waals surface area contributed by atoms with E-state index in [1.54, 1.807) is 7.11 Å². The Kier molecular flexibility index (Phi) is 5.53. The van der Waals surface area contributed by atoms with Crippen LogP contribution in [0.3, 0.4) is 0 Å². The summed E-state index contributed by atoms with van der Waals surface area (Å²) in [6.07, 6.45) is 3.60. The van der Waals surface area contributed by atoms with Crippen molar-refractivity contribution in [1.82, 2.24) is 4.90 Å². The smallest absolute Gasteiger partial charge is 0.0629 e. The van der Waals surface area contributed by atoms with Crippen molar-refractivity contribution in [3.63, 3.8) is 0 Å². The van der Waals surface area contributed by atoms with Crippen molar-refractivity contribution < 1.29 is 9.84 Å². The first kappa shape index (κ1) is 12.9. The zero-order chi connectivity index (χ0) is 11.3. The van der Waals surface area contributed by atoms with Gasteiger partial charge in [-0.1, -0.05) is 6.92 Å². The van der Waals surface area contributed by atoms with Gasteiger partial charge in [-0.15, -0.1) is 0 Å². The van der Waals surface area contributed by atoms with Crippen molar-refractivity contribution in [2.24, 2.45) is 5.73 Å². The van der Waals surface area contributed by atoms with Crippen molar-refractivity contribution in [2.75, 3.05) is 26.9 Å². The Bertz CT molecular complexity index is 174. The van der Waals surface area contributed by atoms with Gasteiger partial charge in [0, 0.05) is 19.2 Å². The predicted molar refractivity (Wildman–Crippen MR) is 60.7 cm³/mol. The Hall–Kier alpha value is -0.160. The molecule has 4 heteroatoms. The fourth-order valence-corrected chi connectivity index (χ4v) is 2.07. The molecule has 1 aliphatic rings. The van der Waals surface area contributed by atoms with E-state index >= 15 is 0 Å². The normalized spacial score (nSPS) is 20.6. The van der Waals surface area contributed by atoms with Crippen LogP contribution in [0.1, 0.15) is 26.2 Å². The molecule has 0 saturated heterocycles. The maximum atomic E-state index is 9.42. The molecular formula is C11H24N2O2. The molecule has 0 aromatic rings. The Balaban J connectivity index is 2.51. The molecule has 0 amide bonds. The lowest BCUT2D eigenvalue weighted by atomic mass is 10.1. The molecule has 2 unspecified atom stereocenters. The third-order valence-corrected chi connectivity index (χ3v) is 2.96. The van der Waals surface area contributed by atoms with Gasteiger partial charge in [0.25, 0.3) is 0 Å². The van der Waals surface area contributed by atoms with Gasteiger partial charge in [0.15, 0.2) is 0 Å². The molecule has 0 heterocycles. The van der Waals surface area contributed by atoms with Crippen LogP contribution < -0.4 is 5.73 Å². The number of hydrogen-bond acceptors (Lipinski definition) is 4. The van der Waals surface area contributed by atoms with Crippen LogP contribution in [0.25, 0.3) is 0 Å². The van der Waals surface area contributed by atoms with Crippen LogP contribution in [0.4, 0.5) is 0 Å². The van der Waals surface area contributed by atoms with E-state index in [0.29, 0.717) is 12.6 Å². The third kappa shape index (κ3) is 3.72. The number of ether oxygens (including phenoxy) is 1. The molecule has 3 N–H and O–H groups in total. The largest absolute Gasteiger partial charge is 0.395 e. The molecule has 1 saturated carbocycles. The van der Waals surface area contributed by atoms with Crippen molar-refractivity contribution >= 4 is 0 Å². The molecule has 0 spiro atoms. The average Bonchev–Trinajstić information content (AvgIpc) is 3.01. The zero-order valence-electron chi connectivity index (χ0n) is 9.85. The van der Waals surface area contributed by atoms with E-state index in [4.69, 9.17) is 10.5 Å². The fourth-order valence-electron chi connectivity index (χ4n) is 2.07. The molecule has 90 valence electrons. The summed E-state index contributed by atoms with van der Waals surface area (Å²) in [6, 6.07) is 0.606. The molecule has 0 aromatic carbocycles. The van der Waals surface area contributed by atoms with Gasteiger partial charge in [0.05, 0.1) is 19.3 Å². The number of methoxy groups -OCH3 is 1. The van der Waals surface area contributed by atoms with Gasteiger partial charge < -0.3 is 15.6 Å². The predicted octanol–water partition coefficient (Wildman–Crippen LogP) is 0.195. The van der Waals surface area contributed by atoms with Crippen LogP contribution >= 0.6 is 0 Å². The SMILES string of the molecule is CCCN(C1CC1)C(CO)C(N)COC. The maximum Gasteiger partial charge on any atom is 0.0629 e. The molecular weight excluding hydrogens is 192 g/mol. The van der Waals surface area contributed by atoms with Crippen molar-refractivity contribution in [1.29, 1.82) is 0 Å². The van der Waals surface area contributed by atoms with Crippen LogP contribution in [-0.4, -0.2) is 55.0 Å². The lowest BCUT2D eigenvalue weighted by molar-refractivity contribution is 0.0654. The summed E-state index contributed by atoms with van der Waals surface area (Å²) in [4.78, 5) is 2.35. The van der Waals surface area contributed by atoms with E-state index in [9.17, 15) is 5.11 Å². The second-order valence-electron chi connectivity index (χ2n) is 4.34. The summed E-state index contributed by atoms with van der Waals surface area (Å²) < 4.78 is 5.05. The summed E-state index contributed by atoms with van der Waals surface area (Å²) in [7, 11) is 1.65. The van der Waals surface area contributed by atoms with Gasteiger partial charge in [-0.25, -0.2) is 0 Å². The molecule has 0 aliphatic heterocycles. The fraction of sp³-hybridized carbons (Fsp3) is 1.00. The molecule has 0 radical (unpaired) electrons. The number of aliphatic hydroxyl groups is 1. The minimum absolute atomic E-state index is 0.0531. The summed E-state index contributed by atoms with van der Waals surface area (Å²) in [5.41, 5.74) is 6.01. The van der Waals surface area contributed by atoms with Gasteiger partial charge in [-0.2, -0.15) is 0 Å². The quantitative estimate of drug-likeness (QED) is 0.608. The number of hydrogen-bond donors (Lipinski definition) is 2. The standard InChI is InChI=1S/C11H24N2O2/c1-3-6-13(9-4-5-9)11(7-14)10(12)8-15-2/h9-11,14H,3-8,12H2,1-2H3. The van der Waals surface area contributed by atoms with Crippen molar-refractivity contribution in [3.05, 3.63) is 0 Å². The Morgan fingerprint density at radius 2 is 2.20 bits per heavy atom. The van der Waals surface area contributed by atoms with Crippen molar-refractivity contribution in [2.45, 2.75) is 44.3 Å². The van der Waals surface area contributed by atoms with E-state index in [2.05, 4.69) is 11.8 Å². The minimum atomic E-state index is -0.0906. The van der Waals surface area contributed by atoms with E-state index < -0.39 is 0 Å². The van der Waals surface area contributed by atoms with Gasteiger partial charge >= 0.3 is 0 Å². The Labute approximate surface area is 92.4 Å². The zero-order valence-corrected chi connectivity index (χ0v) is 9.85. The maximum absolute atomic E-state index is 9.42. The molecule has 0 aromatic heterocycles. The highest BCUT2D eigenvalue weighted by Gasteiger charge is 2.35. The molecule has 4 nitrogen and oxygen atoms in total. The van der Waals surface area contributed by atoms with Crippen LogP contribution in [0, 0.1) is 0 Å². The van der Waals surface area contributed by atoms with Crippen LogP contribution in [-0.2, 0) is 4.74 Å². The number of nitrogens with zero attached hydrogens (tertiary/aromatic N) is 1. The lowest BCUT2D eigenvalue weighted by Crippen LogP contribution is -2.53. The van der Waals surface area contributed by atoms with E-state index in [0.717, 1.165) is 13.0 Å². The first-order valence-corrected chi connectivity index (χ1v) is 5.85. The van der Waals surface area contributed by atoms with Crippen LogP contribution in [0.2, 0.25) is 0 Å². The Morgan fingerprint density at radius 3 is 2.60 bits per heavy atom. The van der Waals surface area contributed by atoms with E-state index in [-0.39, 0.29) is 18.7 Å². The second-order valence-corrected chi connectivity index (χ2v) is 4.34. The molecule has 1 rings (SSSR count). The van der Waals surface area contributed by atoms with Gasteiger partial charge in [-0.3, -0.25) is 4.90 Å². The van der Waals surface area contributed by atoms with Gasteiger partial charge in [-0.05, 0) is 25.8 Å². The highest BCUT2D eigenvalue weighted by Crippen LogP contribution is 2.29. The third-order valence-electron chi connectivity index (χ3n) is 2.96. The molecule has 1 fully saturated rings. The van der Waals surface area contributed by atoms with E-state index in [1.165, 1.54) is 12.8 Å². The topological polar surface area (TPSA) is 58.7 Å². The molecule has 2 atom stereocenters. The number of nitrogens with two attached hydrogens (primary N) is 1. The molecule has 0 bridgehead atoms. The first-order valence-electron chi connectivity index (χ1n) is 5.85. The highest BCUT2D eigenvalue weighted by atomic mass is 16.5. The summed E-state index contributed by atoms with van der Waals surface area (Å²) >= 11 is 0. The van der Waals surface area contributed by atoms with Gasteiger partial charge in [0.1, 0.15) is 0 Å². The monoisotopic (exact) mass is 216 g/mol. The summed E-state index contributed by atoms with van der Waals surface area (Å²) in [5.74, 6) is 0. The molecule has 1 aliphatic carbocycles. The number of aliphatic hydroxyl groups excluding tert-OH is 1. The number of rotatable bonds is 8. The molecule has 15 heavy (non-hydrogen) atoms. The Morgan fingerprint density at radius 1 is 1.53 bits per heavy atom. The minimum Gasteiger partial charge on any atom is -0.395 e. The first-order chi connectivity index (χ1) is 7.24. The second kappa shape index (κ2) is 6.43. The van der Waals surface area contributed by atoms with Crippen LogP contribution in [0.15, 0.2) is 0 Å². The van der Waals surface area contributed by atoms with Crippen LogP contribution in [0.5, 0.6) is 0 Å². The lowest BCUT2D eigenvalue weighted by Gasteiger charge is -2.34. The van der Waals surface area contributed by atoms with Crippen molar-refractivity contribution in [3.8, 4) is 0 Å². The summed E-state index contributed by atoms with van der Waals surface area (Å²) in [5, 5.41) is 9.42.